The van der Waals surface area contributed by atoms with Gasteiger partial charge in [-0.1, -0.05) is 85.8 Å². The fraction of sp³-hybridized carbons (Fsp3) is 0.250. The molecule has 0 heterocycles. The molecule has 3 aromatic carbocycles. The van der Waals surface area contributed by atoms with Crippen molar-refractivity contribution in [3.63, 3.8) is 0 Å². The summed E-state index contributed by atoms with van der Waals surface area (Å²) in [6.07, 6.45) is -0.492. The Labute approximate surface area is 204 Å². The summed E-state index contributed by atoms with van der Waals surface area (Å²) in [5.74, 6) is -1.64. The molecule has 4 rings (SSSR count). The monoisotopic (exact) mass is 472 g/mol. The number of carboxylic acid groups (broad SMARTS) is 1. The molecule has 7 heteroatoms. The quantitative estimate of drug-likeness (QED) is 0.421. The molecule has 2 amide bonds. The summed E-state index contributed by atoms with van der Waals surface area (Å²) in [6, 6.07) is 23.6. The number of amides is 2. The van der Waals surface area contributed by atoms with E-state index in [1.807, 2.05) is 54.6 Å². The van der Waals surface area contributed by atoms with Crippen LogP contribution in [0, 0.1) is 0 Å². The summed E-state index contributed by atoms with van der Waals surface area (Å²) in [6.45, 7) is 1.84. The third kappa shape index (κ3) is 5.51. The van der Waals surface area contributed by atoms with Gasteiger partial charge in [0.1, 0.15) is 12.6 Å². The molecule has 1 aliphatic carbocycles. The summed E-state index contributed by atoms with van der Waals surface area (Å²) in [5.41, 5.74) is 5.22. The molecule has 0 saturated carbocycles. The SMILES string of the molecule is CC[C@@H](NC(=O)CC(NC(=O)OCC1c2ccccc2-c2ccccc21)c1ccccc1)C(=O)O. The van der Waals surface area contributed by atoms with Crippen molar-refractivity contribution in [1.29, 1.82) is 0 Å². The number of rotatable bonds is 9. The van der Waals surface area contributed by atoms with Crippen molar-refractivity contribution in [3.8, 4) is 11.1 Å². The van der Waals surface area contributed by atoms with Crippen molar-refractivity contribution >= 4 is 18.0 Å². The molecule has 0 aliphatic heterocycles. The van der Waals surface area contributed by atoms with Gasteiger partial charge in [0.15, 0.2) is 0 Å². The van der Waals surface area contributed by atoms with Crippen LogP contribution in [-0.2, 0) is 14.3 Å². The zero-order chi connectivity index (χ0) is 24.8. The third-order valence-electron chi connectivity index (χ3n) is 6.27. The van der Waals surface area contributed by atoms with Crippen LogP contribution in [0.1, 0.15) is 48.4 Å². The van der Waals surface area contributed by atoms with Crippen molar-refractivity contribution in [3.05, 3.63) is 95.6 Å². The average Bonchev–Trinajstić information content (AvgIpc) is 3.19. The normalized spacial score (nSPS) is 13.7. The Morgan fingerprint density at radius 2 is 1.43 bits per heavy atom. The summed E-state index contributed by atoms with van der Waals surface area (Å²) in [4.78, 5) is 36.7. The van der Waals surface area contributed by atoms with E-state index in [0.717, 1.165) is 27.8 Å². The molecular weight excluding hydrogens is 444 g/mol. The molecule has 1 unspecified atom stereocenters. The molecule has 180 valence electrons. The molecule has 0 spiro atoms. The number of carbonyl (C=O) groups is 3. The van der Waals surface area contributed by atoms with Gasteiger partial charge in [-0.3, -0.25) is 4.79 Å². The molecule has 7 nitrogen and oxygen atoms in total. The standard InChI is InChI=1S/C28H28N2O5/c1-2-24(27(32)33)29-26(31)16-25(18-10-4-3-5-11-18)30-28(34)35-17-23-21-14-8-6-12-19(21)20-13-7-9-15-22(20)23/h3-15,23-25H,2,16-17H2,1H3,(H,29,31)(H,30,34)(H,32,33)/t24-,25?/m1/s1. The zero-order valence-electron chi connectivity index (χ0n) is 19.4. The summed E-state index contributed by atoms with van der Waals surface area (Å²) >= 11 is 0. The smallest absolute Gasteiger partial charge is 0.407 e. The Hall–Kier alpha value is -4.13. The van der Waals surface area contributed by atoms with Crippen LogP contribution >= 0.6 is 0 Å². The van der Waals surface area contributed by atoms with Crippen molar-refractivity contribution in [1.82, 2.24) is 10.6 Å². The van der Waals surface area contributed by atoms with Crippen LogP contribution in [0.25, 0.3) is 11.1 Å². The largest absolute Gasteiger partial charge is 0.480 e. The van der Waals surface area contributed by atoms with Crippen molar-refractivity contribution in [2.45, 2.75) is 37.8 Å². The zero-order valence-corrected chi connectivity index (χ0v) is 19.4. The van der Waals surface area contributed by atoms with E-state index in [1.54, 1.807) is 19.1 Å². The summed E-state index contributed by atoms with van der Waals surface area (Å²) < 4.78 is 5.64. The lowest BCUT2D eigenvalue weighted by atomic mass is 9.98. The lowest BCUT2D eigenvalue weighted by molar-refractivity contribution is -0.142. The second kappa shape index (κ2) is 10.9. The van der Waals surface area contributed by atoms with E-state index in [9.17, 15) is 19.5 Å². The second-order valence-corrected chi connectivity index (χ2v) is 8.50. The molecule has 0 aromatic heterocycles. The number of carboxylic acids is 1. The fourth-order valence-corrected chi connectivity index (χ4v) is 4.50. The number of carbonyl (C=O) groups excluding carboxylic acids is 2. The number of benzene rings is 3. The lowest BCUT2D eigenvalue weighted by Gasteiger charge is -2.21. The highest BCUT2D eigenvalue weighted by Crippen LogP contribution is 2.44. The van der Waals surface area contributed by atoms with Gasteiger partial charge in [-0.05, 0) is 34.2 Å². The van der Waals surface area contributed by atoms with Gasteiger partial charge < -0.3 is 20.5 Å². The van der Waals surface area contributed by atoms with Crippen LogP contribution in [0.15, 0.2) is 78.9 Å². The minimum absolute atomic E-state index is 0.0764. The minimum atomic E-state index is -1.10. The first-order valence-corrected chi connectivity index (χ1v) is 11.7. The molecule has 3 N–H and O–H groups in total. The predicted octanol–water partition coefficient (Wildman–Crippen LogP) is 4.64. The highest BCUT2D eigenvalue weighted by Gasteiger charge is 2.29. The van der Waals surface area contributed by atoms with Crippen LogP contribution in [0.5, 0.6) is 0 Å². The van der Waals surface area contributed by atoms with Gasteiger partial charge in [0, 0.05) is 5.92 Å². The minimum Gasteiger partial charge on any atom is -0.480 e. The maximum Gasteiger partial charge on any atom is 0.407 e. The van der Waals surface area contributed by atoms with E-state index >= 15 is 0 Å². The maximum absolute atomic E-state index is 12.8. The number of hydrogen-bond donors (Lipinski definition) is 3. The number of fused-ring (bicyclic) bond motifs is 3. The van der Waals surface area contributed by atoms with E-state index in [1.165, 1.54) is 0 Å². The van der Waals surface area contributed by atoms with Crippen molar-refractivity contribution in [2.75, 3.05) is 6.61 Å². The second-order valence-electron chi connectivity index (χ2n) is 8.50. The first-order valence-electron chi connectivity index (χ1n) is 11.7. The van der Waals surface area contributed by atoms with Crippen molar-refractivity contribution < 1.29 is 24.2 Å². The Morgan fingerprint density at radius 1 is 0.857 bits per heavy atom. The Kier molecular flexibility index (Phi) is 7.45. The van der Waals surface area contributed by atoms with E-state index in [0.29, 0.717) is 0 Å². The Balaban J connectivity index is 1.44. The van der Waals surface area contributed by atoms with Gasteiger partial charge in [0.25, 0.3) is 0 Å². The first-order chi connectivity index (χ1) is 17.0. The average molecular weight is 473 g/mol. The van der Waals surface area contributed by atoms with Crippen LogP contribution in [0.2, 0.25) is 0 Å². The van der Waals surface area contributed by atoms with Crippen LogP contribution in [-0.4, -0.2) is 35.7 Å². The Bertz CT molecular complexity index is 1170. The molecule has 0 saturated heterocycles. The lowest BCUT2D eigenvalue weighted by Crippen LogP contribution is -2.42. The molecule has 3 aromatic rings. The van der Waals surface area contributed by atoms with Gasteiger partial charge in [0.2, 0.25) is 5.91 Å². The third-order valence-corrected chi connectivity index (χ3v) is 6.27. The molecule has 2 atom stereocenters. The number of hydrogen-bond acceptors (Lipinski definition) is 4. The first kappa shape index (κ1) is 24.0. The topological polar surface area (TPSA) is 105 Å². The van der Waals surface area contributed by atoms with E-state index in [-0.39, 0.29) is 25.4 Å². The molecule has 1 aliphatic rings. The molecular formula is C28H28N2O5. The number of ether oxygens (including phenoxy) is 1. The van der Waals surface area contributed by atoms with Crippen LogP contribution in [0.4, 0.5) is 4.79 Å². The van der Waals surface area contributed by atoms with Crippen LogP contribution in [0.3, 0.4) is 0 Å². The summed E-state index contributed by atoms with van der Waals surface area (Å²) in [5, 5.41) is 14.5. The fourth-order valence-electron chi connectivity index (χ4n) is 4.50. The van der Waals surface area contributed by atoms with Gasteiger partial charge in [-0.2, -0.15) is 0 Å². The molecule has 0 bridgehead atoms. The van der Waals surface area contributed by atoms with Gasteiger partial charge in [0.05, 0.1) is 12.5 Å². The summed E-state index contributed by atoms with van der Waals surface area (Å²) in [7, 11) is 0. The molecule has 35 heavy (non-hydrogen) atoms. The molecule has 0 radical (unpaired) electrons. The Morgan fingerprint density at radius 3 is 2.00 bits per heavy atom. The number of alkyl carbamates (subject to hydrolysis) is 1. The van der Waals surface area contributed by atoms with E-state index < -0.39 is 30.1 Å². The highest BCUT2D eigenvalue weighted by molar-refractivity contribution is 5.84. The van der Waals surface area contributed by atoms with E-state index in [2.05, 4.69) is 22.8 Å². The van der Waals surface area contributed by atoms with Gasteiger partial charge in [-0.15, -0.1) is 0 Å². The molecule has 0 fully saturated rings. The highest BCUT2D eigenvalue weighted by atomic mass is 16.5. The number of nitrogens with one attached hydrogen (secondary N) is 2. The van der Waals surface area contributed by atoms with Gasteiger partial charge >= 0.3 is 12.1 Å². The van der Waals surface area contributed by atoms with Crippen molar-refractivity contribution in [2.24, 2.45) is 0 Å². The number of aliphatic carboxylic acids is 1. The van der Waals surface area contributed by atoms with E-state index in [4.69, 9.17) is 4.74 Å². The maximum atomic E-state index is 12.8. The van der Waals surface area contributed by atoms with Crippen LogP contribution < -0.4 is 10.6 Å². The van der Waals surface area contributed by atoms with Gasteiger partial charge in [-0.25, -0.2) is 9.59 Å². The predicted molar refractivity (Wildman–Crippen MR) is 132 cm³/mol.